The van der Waals surface area contributed by atoms with Crippen LogP contribution in [0.2, 0.25) is 0 Å². The molecule has 2 aromatic rings. The van der Waals surface area contributed by atoms with Crippen LogP contribution in [0.3, 0.4) is 0 Å². The summed E-state index contributed by atoms with van der Waals surface area (Å²) in [4.78, 5) is 0. The summed E-state index contributed by atoms with van der Waals surface area (Å²) >= 11 is 0. The Labute approximate surface area is 113 Å². The maximum Gasteiger partial charge on any atom is 0.123 e. The first-order valence-corrected chi connectivity index (χ1v) is 6.51. The molecule has 0 aliphatic carbocycles. The zero-order valence-electron chi connectivity index (χ0n) is 10.9. The first-order valence-electron chi connectivity index (χ1n) is 6.51. The van der Waals surface area contributed by atoms with Crippen molar-refractivity contribution in [1.29, 1.82) is 0 Å². The normalized spacial score (nSPS) is 11.0. The molecule has 0 amide bonds. The fourth-order valence-electron chi connectivity index (χ4n) is 1.81. The molecular formula is C17H18FN. The molecule has 0 aliphatic rings. The Kier molecular flexibility index (Phi) is 5.32. The number of benzene rings is 2. The van der Waals surface area contributed by atoms with Gasteiger partial charge >= 0.3 is 0 Å². The number of halogens is 1. The Morgan fingerprint density at radius 1 is 0.947 bits per heavy atom. The lowest BCUT2D eigenvalue weighted by Crippen LogP contribution is -2.13. The SMILES string of the molecule is Fc1ccc(C=CCCNCc2ccccc2)cc1. The molecule has 0 radical (unpaired) electrons. The van der Waals surface area contributed by atoms with Gasteiger partial charge in [-0.3, -0.25) is 0 Å². The van der Waals surface area contributed by atoms with Gasteiger partial charge in [-0.15, -0.1) is 0 Å². The summed E-state index contributed by atoms with van der Waals surface area (Å²) in [6, 6.07) is 16.9. The molecule has 0 bridgehead atoms. The minimum absolute atomic E-state index is 0.193. The van der Waals surface area contributed by atoms with Crippen molar-refractivity contribution >= 4 is 6.08 Å². The van der Waals surface area contributed by atoms with Gasteiger partial charge in [-0.1, -0.05) is 54.6 Å². The molecule has 0 aliphatic heterocycles. The molecule has 98 valence electrons. The van der Waals surface area contributed by atoms with Gasteiger partial charge in [0.05, 0.1) is 0 Å². The highest BCUT2D eigenvalue weighted by molar-refractivity contribution is 5.48. The molecule has 1 N–H and O–H groups in total. The molecule has 0 unspecified atom stereocenters. The number of hydrogen-bond acceptors (Lipinski definition) is 1. The van der Waals surface area contributed by atoms with E-state index in [1.165, 1.54) is 17.7 Å². The molecule has 0 atom stereocenters. The van der Waals surface area contributed by atoms with Gasteiger partial charge in [0.25, 0.3) is 0 Å². The third kappa shape index (κ3) is 5.06. The Hall–Kier alpha value is -1.93. The second-order valence-electron chi connectivity index (χ2n) is 4.40. The maximum atomic E-state index is 12.7. The zero-order chi connectivity index (χ0) is 13.3. The van der Waals surface area contributed by atoms with Crippen LogP contribution in [0.15, 0.2) is 60.7 Å². The Balaban J connectivity index is 1.65. The Morgan fingerprint density at radius 3 is 2.42 bits per heavy atom. The lowest BCUT2D eigenvalue weighted by molar-refractivity contribution is 0.628. The monoisotopic (exact) mass is 255 g/mol. The van der Waals surface area contributed by atoms with Crippen molar-refractivity contribution in [2.75, 3.05) is 6.54 Å². The molecule has 0 saturated heterocycles. The van der Waals surface area contributed by atoms with Gasteiger partial charge in [-0.2, -0.15) is 0 Å². The van der Waals surface area contributed by atoms with Gasteiger partial charge in [0.2, 0.25) is 0 Å². The van der Waals surface area contributed by atoms with E-state index in [9.17, 15) is 4.39 Å². The maximum absolute atomic E-state index is 12.7. The molecule has 0 saturated carbocycles. The van der Waals surface area contributed by atoms with Gasteiger partial charge in [0, 0.05) is 6.54 Å². The van der Waals surface area contributed by atoms with Gasteiger partial charge in [0.15, 0.2) is 0 Å². The first-order chi connectivity index (χ1) is 9.34. The predicted octanol–water partition coefficient (Wildman–Crippen LogP) is 4.02. The lowest BCUT2D eigenvalue weighted by Gasteiger charge is -2.02. The van der Waals surface area contributed by atoms with Gasteiger partial charge in [0.1, 0.15) is 5.82 Å². The second kappa shape index (κ2) is 7.49. The molecule has 1 nitrogen and oxygen atoms in total. The molecule has 0 heterocycles. The van der Waals surface area contributed by atoms with Crippen molar-refractivity contribution in [3.63, 3.8) is 0 Å². The molecule has 2 heteroatoms. The zero-order valence-corrected chi connectivity index (χ0v) is 10.9. The predicted molar refractivity (Wildman–Crippen MR) is 78.2 cm³/mol. The van der Waals surface area contributed by atoms with Crippen molar-refractivity contribution in [2.45, 2.75) is 13.0 Å². The summed E-state index contributed by atoms with van der Waals surface area (Å²) < 4.78 is 12.7. The van der Waals surface area contributed by atoms with E-state index in [-0.39, 0.29) is 5.82 Å². The standard InChI is InChI=1S/C17H18FN/c18-17-11-9-15(10-12-17)6-4-5-13-19-14-16-7-2-1-3-8-16/h1-4,6-12,19H,5,13-14H2. The van der Waals surface area contributed by atoms with E-state index < -0.39 is 0 Å². The molecule has 0 aromatic heterocycles. The largest absolute Gasteiger partial charge is 0.312 e. The molecule has 2 rings (SSSR count). The molecule has 2 aromatic carbocycles. The Bertz CT molecular complexity index is 503. The summed E-state index contributed by atoms with van der Waals surface area (Å²) in [7, 11) is 0. The average molecular weight is 255 g/mol. The van der Waals surface area contributed by atoms with Gasteiger partial charge in [-0.05, 0) is 36.2 Å². The highest BCUT2D eigenvalue weighted by atomic mass is 19.1. The summed E-state index contributed by atoms with van der Waals surface area (Å²) in [5.74, 6) is -0.193. The third-order valence-electron chi connectivity index (χ3n) is 2.84. The summed E-state index contributed by atoms with van der Waals surface area (Å²) in [6.45, 7) is 1.83. The van der Waals surface area contributed by atoms with Crippen LogP contribution in [0.1, 0.15) is 17.5 Å². The van der Waals surface area contributed by atoms with Gasteiger partial charge < -0.3 is 5.32 Å². The smallest absolute Gasteiger partial charge is 0.123 e. The van der Waals surface area contributed by atoms with Crippen molar-refractivity contribution in [3.8, 4) is 0 Å². The summed E-state index contributed by atoms with van der Waals surface area (Å²) in [5, 5.41) is 3.39. The fraction of sp³-hybridized carbons (Fsp3) is 0.176. The van der Waals surface area contributed by atoms with Crippen LogP contribution in [-0.4, -0.2) is 6.54 Å². The van der Waals surface area contributed by atoms with Crippen molar-refractivity contribution < 1.29 is 4.39 Å². The van der Waals surface area contributed by atoms with E-state index in [2.05, 4.69) is 23.5 Å². The summed E-state index contributed by atoms with van der Waals surface area (Å²) in [5.41, 5.74) is 2.33. The number of hydrogen-bond donors (Lipinski definition) is 1. The van der Waals surface area contributed by atoms with Crippen LogP contribution in [0.25, 0.3) is 6.08 Å². The van der Waals surface area contributed by atoms with Crippen LogP contribution >= 0.6 is 0 Å². The molecule has 19 heavy (non-hydrogen) atoms. The third-order valence-corrected chi connectivity index (χ3v) is 2.84. The van der Waals surface area contributed by atoms with Crippen LogP contribution in [0.5, 0.6) is 0 Å². The van der Waals surface area contributed by atoms with E-state index in [0.717, 1.165) is 25.1 Å². The van der Waals surface area contributed by atoms with E-state index in [1.807, 2.05) is 24.3 Å². The lowest BCUT2D eigenvalue weighted by atomic mass is 10.2. The first kappa shape index (κ1) is 13.5. The van der Waals surface area contributed by atoms with Crippen molar-refractivity contribution in [3.05, 3.63) is 77.6 Å². The topological polar surface area (TPSA) is 12.0 Å². The van der Waals surface area contributed by atoms with E-state index in [1.54, 1.807) is 12.1 Å². The minimum atomic E-state index is -0.193. The van der Waals surface area contributed by atoms with E-state index >= 15 is 0 Å². The van der Waals surface area contributed by atoms with E-state index in [0.29, 0.717) is 0 Å². The highest BCUT2D eigenvalue weighted by Gasteiger charge is 1.90. The van der Waals surface area contributed by atoms with Crippen LogP contribution in [-0.2, 0) is 6.54 Å². The number of nitrogens with one attached hydrogen (secondary N) is 1. The van der Waals surface area contributed by atoms with Crippen molar-refractivity contribution in [1.82, 2.24) is 5.32 Å². The minimum Gasteiger partial charge on any atom is -0.312 e. The Morgan fingerprint density at radius 2 is 1.68 bits per heavy atom. The highest BCUT2D eigenvalue weighted by Crippen LogP contribution is 2.05. The van der Waals surface area contributed by atoms with Crippen molar-refractivity contribution in [2.24, 2.45) is 0 Å². The van der Waals surface area contributed by atoms with Crippen LogP contribution < -0.4 is 5.32 Å². The quantitative estimate of drug-likeness (QED) is 0.769. The summed E-state index contributed by atoms with van der Waals surface area (Å²) in [6.07, 6.45) is 5.08. The molecule has 0 spiro atoms. The second-order valence-corrected chi connectivity index (χ2v) is 4.40. The number of rotatable bonds is 6. The molecular weight excluding hydrogens is 237 g/mol. The van der Waals surface area contributed by atoms with Crippen LogP contribution in [0.4, 0.5) is 4.39 Å². The average Bonchev–Trinajstić information content (AvgIpc) is 2.46. The van der Waals surface area contributed by atoms with E-state index in [4.69, 9.17) is 0 Å². The molecule has 0 fully saturated rings. The van der Waals surface area contributed by atoms with Gasteiger partial charge in [-0.25, -0.2) is 4.39 Å². The fourth-order valence-corrected chi connectivity index (χ4v) is 1.81. The van der Waals surface area contributed by atoms with Crippen LogP contribution in [0, 0.1) is 5.82 Å².